The van der Waals surface area contributed by atoms with Gasteiger partial charge in [0.05, 0.1) is 6.61 Å². The van der Waals surface area contributed by atoms with Crippen LogP contribution in [0.5, 0.6) is 5.75 Å². The van der Waals surface area contributed by atoms with Crippen molar-refractivity contribution in [3.63, 3.8) is 0 Å². The van der Waals surface area contributed by atoms with Crippen molar-refractivity contribution in [1.82, 2.24) is 0 Å². The van der Waals surface area contributed by atoms with Gasteiger partial charge in [0.25, 0.3) is 0 Å². The predicted molar refractivity (Wildman–Crippen MR) is 123 cm³/mol. The summed E-state index contributed by atoms with van der Waals surface area (Å²) >= 11 is 1.65. The van der Waals surface area contributed by atoms with Crippen molar-refractivity contribution in [2.24, 2.45) is 0 Å². The van der Waals surface area contributed by atoms with Crippen LogP contribution < -0.4 is 0 Å². The highest BCUT2D eigenvalue weighted by molar-refractivity contribution is 8.00. The van der Waals surface area contributed by atoms with Gasteiger partial charge in [0, 0.05) is 35.6 Å². The van der Waals surface area contributed by atoms with Gasteiger partial charge < -0.3 is 29.5 Å². The normalized spacial score (nSPS) is 27.8. The zero-order chi connectivity index (χ0) is 25.3. The summed E-state index contributed by atoms with van der Waals surface area (Å²) in [5.74, 6) is -2.54. The molecule has 2 aliphatic rings. The molecule has 2 aromatic rings. The molecule has 2 heterocycles. The first-order valence-electron chi connectivity index (χ1n) is 11.2. The average molecular weight is 507 g/mol. The fourth-order valence-corrected chi connectivity index (χ4v) is 5.94. The number of thioether (sulfide) groups is 1. The molecule has 0 amide bonds. The lowest BCUT2D eigenvalue weighted by Gasteiger charge is -2.43. The van der Waals surface area contributed by atoms with Crippen LogP contribution >= 0.6 is 11.8 Å². The van der Waals surface area contributed by atoms with Crippen LogP contribution in [0.1, 0.15) is 36.6 Å². The summed E-state index contributed by atoms with van der Waals surface area (Å²) in [6.45, 7) is 1.63. The molecule has 188 valence electrons. The number of phenolic OH excluding ortho intramolecular Hbond substituents is 1. The third kappa shape index (κ3) is 5.45. The maximum Gasteiger partial charge on any atom is 0.303 e. The Morgan fingerprint density at radius 1 is 1.14 bits per heavy atom. The molecule has 6 atom stereocenters. The molecule has 1 saturated heterocycles. The van der Waals surface area contributed by atoms with Gasteiger partial charge in [-0.1, -0.05) is 18.2 Å². The van der Waals surface area contributed by atoms with Crippen LogP contribution in [0.15, 0.2) is 41.3 Å². The highest BCUT2D eigenvalue weighted by Crippen LogP contribution is 2.42. The molecule has 4 unspecified atom stereocenters. The molecule has 3 N–H and O–H groups in total. The summed E-state index contributed by atoms with van der Waals surface area (Å²) in [7, 11) is 0. The molecule has 0 spiro atoms. The number of halogens is 1. The average Bonchev–Trinajstić information content (AvgIpc) is 3.20. The Bertz CT molecular complexity index is 1080. The van der Waals surface area contributed by atoms with Gasteiger partial charge in [-0.25, -0.2) is 4.39 Å². The van der Waals surface area contributed by atoms with E-state index in [-0.39, 0.29) is 10.8 Å². The Morgan fingerprint density at radius 3 is 2.49 bits per heavy atom. The minimum atomic E-state index is -1.50. The molecule has 0 saturated carbocycles. The van der Waals surface area contributed by atoms with E-state index >= 15 is 0 Å². The highest BCUT2D eigenvalue weighted by atomic mass is 32.2. The largest absolute Gasteiger partial charge is 0.507 e. The van der Waals surface area contributed by atoms with E-state index in [0.29, 0.717) is 12.0 Å². The number of aliphatic hydroxyl groups is 2. The van der Waals surface area contributed by atoms with E-state index in [1.165, 1.54) is 11.6 Å². The van der Waals surface area contributed by atoms with Crippen LogP contribution in [0.25, 0.3) is 0 Å². The third-order valence-corrected chi connectivity index (χ3v) is 7.43. The van der Waals surface area contributed by atoms with Crippen LogP contribution in [0.4, 0.5) is 4.39 Å². The molecular formula is C25H27FO8S. The SMILES string of the molecule is CC(=O)OC1[C@H](O)C(CO)OC(c2cc(CC3Cc4ccccc4S3)c(F)cc2O)[C@@H]1OC(C)=O. The van der Waals surface area contributed by atoms with Crippen LogP contribution in [-0.4, -0.2) is 63.5 Å². The van der Waals surface area contributed by atoms with Gasteiger partial charge in [0.15, 0.2) is 12.2 Å². The molecule has 0 aromatic heterocycles. The number of phenols is 1. The molecule has 0 aliphatic carbocycles. The number of esters is 2. The number of hydrogen-bond acceptors (Lipinski definition) is 9. The summed E-state index contributed by atoms with van der Waals surface area (Å²) in [4.78, 5) is 24.7. The standard InChI is InChI=1S/C25H27FO8S/c1-12(28)32-24-22(31)20(11-27)34-23(25(24)33-13(2)29)17-9-15(18(26)10-19(17)30)8-16-7-14-5-3-4-6-21(14)35-16/h3-6,9-10,16,20,22-25,27,30-31H,7-8,11H2,1-2H3/t16?,20?,22-,23?,24?,25+/m1/s1. The van der Waals surface area contributed by atoms with E-state index in [1.807, 2.05) is 24.3 Å². The van der Waals surface area contributed by atoms with Gasteiger partial charge in [0.1, 0.15) is 29.9 Å². The number of aliphatic hydroxyl groups excluding tert-OH is 2. The van der Waals surface area contributed by atoms with E-state index in [9.17, 15) is 29.3 Å². The van der Waals surface area contributed by atoms with Gasteiger partial charge in [-0.05, 0) is 36.1 Å². The number of carbonyl (C=O) groups is 2. The van der Waals surface area contributed by atoms with Crippen molar-refractivity contribution >= 4 is 23.7 Å². The number of rotatable bonds is 6. The minimum absolute atomic E-state index is 0.0802. The number of aromatic hydroxyl groups is 1. The van der Waals surface area contributed by atoms with Crippen molar-refractivity contribution < 1.29 is 43.5 Å². The van der Waals surface area contributed by atoms with E-state index < -0.39 is 60.6 Å². The summed E-state index contributed by atoms with van der Waals surface area (Å²) in [5, 5.41) is 31.0. The summed E-state index contributed by atoms with van der Waals surface area (Å²) in [6.07, 6.45) is -5.54. The molecule has 4 rings (SSSR count). The second-order valence-electron chi connectivity index (χ2n) is 8.67. The quantitative estimate of drug-likeness (QED) is 0.507. The lowest BCUT2D eigenvalue weighted by atomic mass is 9.89. The summed E-state index contributed by atoms with van der Waals surface area (Å²) in [6, 6.07) is 10.4. The van der Waals surface area contributed by atoms with E-state index in [1.54, 1.807) is 11.8 Å². The zero-order valence-electron chi connectivity index (χ0n) is 19.2. The Morgan fingerprint density at radius 2 is 1.83 bits per heavy atom. The molecule has 8 nitrogen and oxygen atoms in total. The van der Waals surface area contributed by atoms with E-state index in [4.69, 9.17) is 14.2 Å². The molecule has 10 heteroatoms. The number of fused-ring (bicyclic) bond motifs is 1. The molecule has 0 bridgehead atoms. The maximum atomic E-state index is 14.9. The van der Waals surface area contributed by atoms with Gasteiger partial charge in [-0.2, -0.15) is 0 Å². The first-order chi connectivity index (χ1) is 16.7. The van der Waals surface area contributed by atoms with Crippen LogP contribution in [0.3, 0.4) is 0 Å². The lowest BCUT2D eigenvalue weighted by Crippen LogP contribution is -2.58. The third-order valence-electron chi connectivity index (χ3n) is 6.11. The van der Waals surface area contributed by atoms with Crippen molar-refractivity contribution in [2.45, 2.75) is 67.4 Å². The second kappa shape index (κ2) is 10.5. The van der Waals surface area contributed by atoms with Gasteiger partial charge >= 0.3 is 11.9 Å². The van der Waals surface area contributed by atoms with Gasteiger partial charge in [-0.3, -0.25) is 9.59 Å². The number of carbonyl (C=O) groups excluding carboxylic acids is 2. The van der Waals surface area contributed by atoms with Crippen LogP contribution in [-0.2, 0) is 36.6 Å². The predicted octanol–water partition coefficient (Wildman–Crippen LogP) is 2.45. The van der Waals surface area contributed by atoms with Crippen LogP contribution in [0.2, 0.25) is 0 Å². The fourth-order valence-electron chi connectivity index (χ4n) is 4.60. The Kier molecular flexibility index (Phi) is 7.65. The smallest absolute Gasteiger partial charge is 0.303 e. The fraction of sp³-hybridized carbons (Fsp3) is 0.440. The lowest BCUT2D eigenvalue weighted by molar-refractivity contribution is -0.247. The van der Waals surface area contributed by atoms with Gasteiger partial charge in [-0.15, -0.1) is 11.8 Å². The zero-order valence-corrected chi connectivity index (χ0v) is 20.0. The van der Waals surface area contributed by atoms with Crippen molar-refractivity contribution in [2.75, 3.05) is 6.61 Å². The maximum absolute atomic E-state index is 14.9. The van der Waals surface area contributed by atoms with E-state index in [0.717, 1.165) is 31.2 Å². The van der Waals surface area contributed by atoms with Crippen molar-refractivity contribution in [3.05, 3.63) is 58.9 Å². The Hall–Kier alpha value is -2.66. The van der Waals surface area contributed by atoms with Crippen LogP contribution in [0, 0.1) is 5.82 Å². The number of ether oxygens (including phenoxy) is 3. The number of hydrogen-bond donors (Lipinski definition) is 3. The monoisotopic (exact) mass is 506 g/mol. The molecule has 0 radical (unpaired) electrons. The highest BCUT2D eigenvalue weighted by Gasteiger charge is 2.50. The molecule has 1 fully saturated rings. The minimum Gasteiger partial charge on any atom is -0.507 e. The van der Waals surface area contributed by atoms with E-state index in [2.05, 4.69) is 0 Å². The molecule has 2 aliphatic heterocycles. The number of benzene rings is 2. The first kappa shape index (κ1) is 25.4. The topological polar surface area (TPSA) is 123 Å². The molecule has 2 aromatic carbocycles. The second-order valence-corrected chi connectivity index (χ2v) is 10.0. The summed E-state index contributed by atoms with van der Waals surface area (Å²) < 4.78 is 31.3. The Labute approximate surface area is 206 Å². The first-order valence-corrected chi connectivity index (χ1v) is 12.1. The molecule has 35 heavy (non-hydrogen) atoms. The van der Waals surface area contributed by atoms with Gasteiger partial charge in [0.2, 0.25) is 0 Å². The molecular weight excluding hydrogens is 479 g/mol. The summed E-state index contributed by atoms with van der Waals surface area (Å²) in [5.41, 5.74) is 1.61. The van der Waals surface area contributed by atoms with Crippen molar-refractivity contribution in [1.29, 1.82) is 0 Å². The Balaban J connectivity index is 1.67. The van der Waals surface area contributed by atoms with Crippen molar-refractivity contribution in [3.8, 4) is 5.75 Å².